The second kappa shape index (κ2) is 10.3. The van der Waals surface area contributed by atoms with Gasteiger partial charge in [0.15, 0.2) is 6.04 Å². The van der Waals surface area contributed by atoms with Gasteiger partial charge in [-0.05, 0) is 56.0 Å². The molecule has 0 saturated heterocycles. The van der Waals surface area contributed by atoms with Crippen molar-refractivity contribution in [3.8, 4) is 0 Å². The number of nitrogens with one attached hydrogen (secondary N) is 2. The maximum absolute atomic E-state index is 13.4. The van der Waals surface area contributed by atoms with Crippen LogP contribution in [0.15, 0.2) is 70.7 Å². The van der Waals surface area contributed by atoms with E-state index < -0.39 is 17.5 Å². The van der Waals surface area contributed by atoms with Crippen LogP contribution in [0.25, 0.3) is 0 Å². The second-order valence-electron chi connectivity index (χ2n) is 7.90. The fourth-order valence-corrected chi connectivity index (χ4v) is 3.71. The average Bonchev–Trinajstić information content (AvgIpc) is 3.50. The largest absolute Gasteiger partial charge is 0.467 e. The van der Waals surface area contributed by atoms with Crippen molar-refractivity contribution >= 4 is 34.7 Å². The van der Waals surface area contributed by atoms with Gasteiger partial charge in [0.1, 0.15) is 5.76 Å². The summed E-state index contributed by atoms with van der Waals surface area (Å²) in [4.78, 5) is 41.0. The maximum Gasteiger partial charge on any atom is 0.261 e. The summed E-state index contributed by atoms with van der Waals surface area (Å²) in [7, 11) is 0. The molecule has 0 fully saturated rings. The molecule has 2 aromatic heterocycles. The minimum absolute atomic E-state index is 0.271. The monoisotopic (exact) mass is 453 g/mol. The second-order valence-corrected chi connectivity index (χ2v) is 8.85. The number of anilines is 1. The highest BCUT2D eigenvalue weighted by Gasteiger charge is 2.36. The summed E-state index contributed by atoms with van der Waals surface area (Å²) < 4.78 is 5.56. The smallest absolute Gasteiger partial charge is 0.261 e. The first-order valence-corrected chi connectivity index (χ1v) is 11.2. The lowest BCUT2D eigenvalue weighted by atomic mass is 10.0. The fraction of sp³-hybridized carbons (Fsp3) is 0.292. The van der Waals surface area contributed by atoms with Gasteiger partial charge in [-0.2, -0.15) is 0 Å². The van der Waals surface area contributed by atoms with Crippen LogP contribution < -0.4 is 15.5 Å². The highest BCUT2D eigenvalue weighted by atomic mass is 32.1. The molecule has 1 atom stereocenters. The number of hydrogen-bond acceptors (Lipinski definition) is 5. The zero-order valence-corrected chi connectivity index (χ0v) is 19.1. The predicted molar refractivity (Wildman–Crippen MR) is 125 cm³/mol. The van der Waals surface area contributed by atoms with Crippen LogP contribution in [0.1, 0.15) is 48.7 Å². The number of para-hydroxylation sites is 1. The molecule has 168 valence electrons. The Kier molecular flexibility index (Phi) is 7.48. The fourth-order valence-electron chi connectivity index (χ4n) is 3.07. The number of thiophene rings is 1. The van der Waals surface area contributed by atoms with Gasteiger partial charge in [-0.1, -0.05) is 31.2 Å². The van der Waals surface area contributed by atoms with E-state index in [1.54, 1.807) is 53.9 Å². The standard InChI is InChI=1S/C24H27N3O4S/c1-4-24(2,3)26-23(30)21(18-12-8-14-31-18)27(17-10-6-5-7-11-17)20(28)16-25-22(29)19-13-9-15-32-19/h5-15,21H,4,16H2,1-3H3,(H,25,29)(H,26,30)/t21-/m0/s1. The molecule has 0 aliphatic carbocycles. The zero-order chi connectivity index (χ0) is 23.1. The molecule has 0 radical (unpaired) electrons. The summed E-state index contributed by atoms with van der Waals surface area (Å²) in [5.41, 5.74) is 0.0505. The van der Waals surface area contributed by atoms with Crippen molar-refractivity contribution < 1.29 is 18.8 Å². The van der Waals surface area contributed by atoms with E-state index in [4.69, 9.17) is 4.42 Å². The van der Waals surface area contributed by atoms with Crippen LogP contribution in [0, 0.1) is 0 Å². The molecule has 0 aliphatic rings. The topological polar surface area (TPSA) is 91.7 Å². The number of rotatable bonds is 9. The molecule has 0 bridgehead atoms. The first-order valence-electron chi connectivity index (χ1n) is 10.4. The van der Waals surface area contributed by atoms with Gasteiger partial charge in [0.2, 0.25) is 5.91 Å². The van der Waals surface area contributed by atoms with Crippen LogP contribution in [0.3, 0.4) is 0 Å². The minimum atomic E-state index is -1.04. The number of carbonyl (C=O) groups is 3. The highest BCUT2D eigenvalue weighted by molar-refractivity contribution is 7.12. The van der Waals surface area contributed by atoms with E-state index in [-0.39, 0.29) is 18.4 Å². The van der Waals surface area contributed by atoms with Crippen LogP contribution in [0.2, 0.25) is 0 Å². The Balaban J connectivity index is 1.93. The average molecular weight is 454 g/mol. The SMILES string of the molecule is CCC(C)(C)NC(=O)[C@H](c1ccco1)N(C(=O)CNC(=O)c1cccs1)c1ccccc1. The molecule has 3 amide bonds. The Morgan fingerprint density at radius 2 is 1.81 bits per heavy atom. The molecular weight excluding hydrogens is 426 g/mol. The molecule has 2 heterocycles. The Bertz CT molecular complexity index is 1030. The van der Waals surface area contributed by atoms with Crippen molar-refractivity contribution in [3.63, 3.8) is 0 Å². The van der Waals surface area contributed by atoms with E-state index in [2.05, 4.69) is 10.6 Å². The quantitative estimate of drug-likeness (QED) is 0.509. The number of benzene rings is 1. The van der Waals surface area contributed by atoms with Gasteiger partial charge < -0.3 is 15.1 Å². The van der Waals surface area contributed by atoms with Gasteiger partial charge in [0, 0.05) is 11.2 Å². The molecule has 0 aliphatic heterocycles. The molecule has 3 aromatic rings. The van der Waals surface area contributed by atoms with Crippen molar-refractivity contribution in [2.45, 2.75) is 38.8 Å². The molecule has 32 heavy (non-hydrogen) atoms. The lowest BCUT2D eigenvalue weighted by molar-refractivity contribution is -0.128. The summed E-state index contributed by atoms with van der Waals surface area (Å²) >= 11 is 1.29. The predicted octanol–water partition coefficient (Wildman–Crippen LogP) is 4.15. The molecule has 8 heteroatoms. The van der Waals surface area contributed by atoms with E-state index in [0.717, 1.165) is 0 Å². The van der Waals surface area contributed by atoms with Crippen LogP contribution >= 0.6 is 11.3 Å². The molecule has 0 unspecified atom stereocenters. The van der Waals surface area contributed by atoms with Crippen molar-refractivity contribution in [1.82, 2.24) is 10.6 Å². The summed E-state index contributed by atoms with van der Waals surface area (Å²) in [5.74, 6) is -0.816. The number of furan rings is 1. The van der Waals surface area contributed by atoms with Crippen LogP contribution in [0.5, 0.6) is 0 Å². The van der Waals surface area contributed by atoms with Crippen molar-refractivity contribution in [2.75, 3.05) is 11.4 Å². The van der Waals surface area contributed by atoms with Crippen LogP contribution in [-0.2, 0) is 9.59 Å². The number of carbonyl (C=O) groups excluding carboxylic acids is 3. The first-order chi connectivity index (χ1) is 15.3. The lowest BCUT2D eigenvalue weighted by Crippen LogP contribution is -2.52. The minimum Gasteiger partial charge on any atom is -0.467 e. The first kappa shape index (κ1) is 23.3. The van der Waals surface area contributed by atoms with E-state index in [1.165, 1.54) is 22.5 Å². The number of hydrogen-bond donors (Lipinski definition) is 2. The van der Waals surface area contributed by atoms with Gasteiger partial charge in [0.05, 0.1) is 17.7 Å². The summed E-state index contributed by atoms with van der Waals surface area (Å²) in [6.45, 7) is 5.54. The molecule has 2 N–H and O–H groups in total. The zero-order valence-electron chi connectivity index (χ0n) is 18.3. The van der Waals surface area contributed by atoms with Gasteiger partial charge in [0.25, 0.3) is 11.8 Å². The normalized spacial score (nSPS) is 12.1. The van der Waals surface area contributed by atoms with Crippen molar-refractivity contribution in [2.24, 2.45) is 0 Å². The number of nitrogens with zero attached hydrogens (tertiary/aromatic N) is 1. The van der Waals surface area contributed by atoms with Gasteiger partial charge in [-0.25, -0.2) is 0 Å². The Morgan fingerprint density at radius 1 is 1.06 bits per heavy atom. The Hall–Kier alpha value is -3.39. The Labute approximate surface area is 191 Å². The summed E-state index contributed by atoms with van der Waals surface area (Å²) in [5, 5.41) is 7.45. The third-order valence-corrected chi connectivity index (χ3v) is 5.98. The Morgan fingerprint density at radius 3 is 2.41 bits per heavy atom. The maximum atomic E-state index is 13.4. The molecule has 0 spiro atoms. The highest BCUT2D eigenvalue weighted by Crippen LogP contribution is 2.29. The molecule has 0 saturated carbocycles. The third-order valence-electron chi connectivity index (χ3n) is 5.11. The van der Waals surface area contributed by atoms with Crippen LogP contribution in [-0.4, -0.2) is 29.8 Å². The number of amides is 3. The van der Waals surface area contributed by atoms with Crippen molar-refractivity contribution in [3.05, 3.63) is 76.9 Å². The summed E-state index contributed by atoms with van der Waals surface area (Å²) in [6.07, 6.45) is 2.17. The molecule has 3 rings (SSSR count). The van der Waals surface area contributed by atoms with Crippen molar-refractivity contribution in [1.29, 1.82) is 0 Å². The van der Waals surface area contributed by atoms with Gasteiger partial charge >= 0.3 is 0 Å². The molecule has 1 aromatic carbocycles. The van der Waals surface area contributed by atoms with E-state index in [9.17, 15) is 14.4 Å². The molecular formula is C24H27N3O4S. The van der Waals surface area contributed by atoms with E-state index in [1.807, 2.05) is 26.8 Å². The lowest BCUT2D eigenvalue weighted by Gasteiger charge is -2.33. The third kappa shape index (κ3) is 5.64. The van der Waals surface area contributed by atoms with Gasteiger partial charge in [-0.3, -0.25) is 19.3 Å². The van der Waals surface area contributed by atoms with Crippen LogP contribution in [0.4, 0.5) is 5.69 Å². The molecule has 7 nitrogen and oxygen atoms in total. The summed E-state index contributed by atoms with van der Waals surface area (Å²) in [6, 6.07) is 14.6. The van der Waals surface area contributed by atoms with E-state index >= 15 is 0 Å². The van der Waals surface area contributed by atoms with Gasteiger partial charge in [-0.15, -0.1) is 11.3 Å². The van der Waals surface area contributed by atoms with E-state index in [0.29, 0.717) is 22.7 Å².